The summed E-state index contributed by atoms with van der Waals surface area (Å²) in [5, 5.41) is 10.5. The van der Waals surface area contributed by atoms with E-state index in [1.54, 1.807) is 23.4 Å². The van der Waals surface area contributed by atoms with E-state index in [-0.39, 0.29) is 25.0 Å². The van der Waals surface area contributed by atoms with Crippen molar-refractivity contribution in [3.05, 3.63) is 21.9 Å². The maximum atomic E-state index is 12.4. The molecule has 1 N–H and O–H groups in total. The molecule has 0 fully saturated rings. The quantitative estimate of drug-likeness (QED) is 0.827. The summed E-state index contributed by atoms with van der Waals surface area (Å²) in [5.74, 6) is 4.97. The molecule has 0 bridgehead atoms. The lowest BCUT2D eigenvalue weighted by atomic mass is 10.2. The smallest absolute Gasteiger partial charge is 0.265 e. The summed E-state index contributed by atoms with van der Waals surface area (Å²) in [4.78, 5) is 28.0. The van der Waals surface area contributed by atoms with Crippen LogP contribution in [-0.4, -0.2) is 60.0 Å². The van der Waals surface area contributed by atoms with Gasteiger partial charge in [0, 0.05) is 25.7 Å². The van der Waals surface area contributed by atoms with Crippen molar-refractivity contribution in [1.29, 1.82) is 0 Å². The van der Waals surface area contributed by atoms with E-state index in [0.29, 0.717) is 23.5 Å². The fraction of sp³-hybridized carbons (Fsp3) is 0.467. The molecular weight excluding hydrogens is 288 g/mol. The van der Waals surface area contributed by atoms with Gasteiger partial charge in [-0.1, -0.05) is 11.8 Å². The number of carbonyl (C=O) groups excluding carboxylic acids is 2. The van der Waals surface area contributed by atoms with E-state index in [9.17, 15) is 9.59 Å². The zero-order chi connectivity index (χ0) is 15.8. The van der Waals surface area contributed by atoms with E-state index in [0.717, 1.165) is 0 Å². The lowest BCUT2D eigenvalue weighted by molar-refractivity contribution is -0.131. The highest BCUT2D eigenvalue weighted by Gasteiger charge is 2.20. The molecule has 1 aromatic rings. The van der Waals surface area contributed by atoms with Crippen LogP contribution >= 0.6 is 11.3 Å². The van der Waals surface area contributed by atoms with Gasteiger partial charge in [-0.05, 0) is 25.3 Å². The van der Waals surface area contributed by atoms with Crippen molar-refractivity contribution in [1.82, 2.24) is 9.80 Å². The van der Waals surface area contributed by atoms with E-state index in [1.165, 1.54) is 16.2 Å². The maximum Gasteiger partial charge on any atom is 0.265 e. The number of carbonyl (C=O) groups is 2. The zero-order valence-electron chi connectivity index (χ0n) is 12.5. The lowest BCUT2D eigenvalue weighted by Crippen LogP contribution is -2.41. The van der Waals surface area contributed by atoms with Crippen LogP contribution in [0.2, 0.25) is 0 Å². The Morgan fingerprint density at radius 3 is 2.57 bits per heavy atom. The maximum absolute atomic E-state index is 12.4. The van der Waals surface area contributed by atoms with Crippen molar-refractivity contribution >= 4 is 23.2 Å². The van der Waals surface area contributed by atoms with Crippen molar-refractivity contribution in [2.24, 2.45) is 0 Å². The van der Waals surface area contributed by atoms with Gasteiger partial charge in [0.1, 0.15) is 11.5 Å². The Morgan fingerprint density at radius 2 is 2.00 bits per heavy atom. The molecule has 5 nitrogen and oxygen atoms in total. The number of thiophene rings is 1. The molecule has 0 aromatic carbocycles. The van der Waals surface area contributed by atoms with Crippen LogP contribution in [0, 0.1) is 11.8 Å². The molecule has 21 heavy (non-hydrogen) atoms. The third-order valence-corrected chi connectivity index (χ3v) is 3.90. The minimum atomic E-state index is -0.250. The van der Waals surface area contributed by atoms with Crippen LogP contribution < -0.4 is 0 Å². The summed E-state index contributed by atoms with van der Waals surface area (Å²) < 4.78 is 0. The molecule has 0 saturated carbocycles. The Labute approximate surface area is 129 Å². The van der Waals surface area contributed by atoms with Crippen molar-refractivity contribution in [2.75, 3.05) is 33.3 Å². The molecule has 6 heteroatoms. The lowest BCUT2D eigenvalue weighted by Gasteiger charge is -2.23. The topological polar surface area (TPSA) is 60.9 Å². The van der Waals surface area contributed by atoms with Gasteiger partial charge in [-0.3, -0.25) is 9.59 Å². The van der Waals surface area contributed by atoms with Gasteiger partial charge in [-0.2, -0.15) is 0 Å². The fourth-order valence-corrected chi connectivity index (χ4v) is 2.68. The Kier molecular flexibility index (Phi) is 6.92. The van der Waals surface area contributed by atoms with Crippen LogP contribution in [0.25, 0.3) is 0 Å². The number of amides is 2. The summed E-state index contributed by atoms with van der Waals surface area (Å²) in [6, 6.07) is 1.74. The SMILES string of the molecule is CCN(CC)C(=O)CN(C)C(=O)c1sccc1C#CCO. The van der Waals surface area contributed by atoms with Crippen molar-refractivity contribution < 1.29 is 14.7 Å². The molecule has 1 heterocycles. The summed E-state index contributed by atoms with van der Waals surface area (Å²) in [7, 11) is 1.60. The van der Waals surface area contributed by atoms with E-state index < -0.39 is 0 Å². The number of rotatable bonds is 5. The minimum Gasteiger partial charge on any atom is -0.384 e. The highest BCUT2D eigenvalue weighted by molar-refractivity contribution is 7.12. The van der Waals surface area contributed by atoms with Gasteiger partial charge in [0.05, 0.1) is 6.54 Å². The van der Waals surface area contributed by atoms with E-state index in [4.69, 9.17) is 5.11 Å². The number of likely N-dealkylation sites (N-methyl/N-ethyl adjacent to an activating group) is 2. The molecule has 2 amide bonds. The first-order valence-corrected chi connectivity index (χ1v) is 7.63. The van der Waals surface area contributed by atoms with E-state index in [2.05, 4.69) is 11.8 Å². The number of nitrogens with zero attached hydrogens (tertiary/aromatic N) is 2. The largest absolute Gasteiger partial charge is 0.384 e. The van der Waals surface area contributed by atoms with Gasteiger partial charge in [0.25, 0.3) is 5.91 Å². The first-order valence-electron chi connectivity index (χ1n) is 6.75. The number of aliphatic hydroxyl groups excluding tert-OH is 1. The fourth-order valence-electron chi connectivity index (χ4n) is 1.83. The summed E-state index contributed by atoms with van der Waals surface area (Å²) in [6.07, 6.45) is 0. The first-order chi connectivity index (χ1) is 10.0. The first kappa shape index (κ1) is 17.2. The van der Waals surface area contributed by atoms with Crippen molar-refractivity contribution in [3.8, 4) is 11.8 Å². The number of aliphatic hydroxyl groups is 1. The molecular formula is C15H20N2O3S. The van der Waals surface area contributed by atoms with Crippen LogP contribution in [0.4, 0.5) is 0 Å². The van der Waals surface area contributed by atoms with Crippen LogP contribution in [-0.2, 0) is 4.79 Å². The second-order valence-corrected chi connectivity index (χ2v) is 5.27. The Hall–Kier alpha value is -1.84. The highest BCUT2D eigenvalue weighted by atomic mass is 32.1. The Morgan fingerprint density at radius 1 is 1.33 bits per heavy atom. The Balaban J connectivity index is 2.79. The normalized spacial score (nSPS) is 9.71. The van der Waals surface area contributed by atoms with Gasteiger partial charge in [-0.15, -0.1) is 11.3 Å². The molecule has 0 unspecified atom stereocenters. The molecule has 0 atom stereocenters. The monoisotopic (exact) mass is 308 g/mol. The molecule has 114 valence electrons. The Bertz CT molecular complexity index is 553. The predicted octanol–water partition coefficient (Wildman–Crippen LogP) is 1.03. The molecule has 0 spiro atoms. The highest BCUT2D eigenvalue weighted by Crippen LogP contribution is 2.17. The van der Waals surface area contributed by atoms with Crippen LogP contribution in [0.15, 0.2) is 11.4 Å². The van der Waals surface area contributed by atoms with Crippen LogP contribution in [0.1, 0.15) is 29.1 Å². The van der Waals surface area contributed by atoms with Crippen molar-refractivity contribution in [3.63, 3.8) is 0 Å². The minimum absolute atomic E-state index is 0.0469. The van der Waals surface area contributed by atoms with E-state index in [1.807, 2.05) is 13.8 Å². The molecule has 1 rings (SSSR count). The molecule has 0 radical (unpaired) electrons. The second kappa shape index (κ2) is 8.45. The molecule has 1 aromatic heterocycles. The predicted molar refractivity (Wildman–Crippen MR) is 83.2 cm³/mol. The second-order valence-electron chi connectivity index (χ2n) is 4.35. The van der Waals surface area contributed by atoms with Gasteiger partial charge in [0.2, 0.25) is 5.91 Å². The number of hydrogen-bond acceptors (Lipinski definition) is 4. The molecule has 0 saturated heterocycles. The molecule has 0 aliphatic heterocycles. The van der Waals surface area contributed by atoms with Gasteiger partial charge < -0.3 is 14.9 Å². The third-order valence-electron chi connectivity index (χ3n) is 3.00. The van der Waals surface area contributed by atoms with Gasteiger partial charge in [0.15, 0.2) is 0 Å². The summed E-state index contributed by atoms with van der Waals surface area (Å²) in [5.41, 5.74) is 0.584. The standard InChI is InChI=1S/C15H20N2O3S/c1-4-17(5-2)13(19)11-16(3)15(20)14-12(7-6-9-18)8-10-21-14/h8,10,18H,4-5,9,11H2,1-3H3. The average Bonchev–Trinajstić information content (AvgIpc) is 2.93. The van der Waals surface area contributed by atoms with Gasteiger partial charge in [-0.25, -0.2) is 0 Å². The molecule has 0 aliphatic carbocycles. The van der Waals surface area contributed by atoms with Gasteiger partial charge >= 0.3 is 0 Å². The van der Waals surface area contributed by atoms with Crippen LogP contribution in [0.3, 0.4) is 0 Å². The number of hydrogen-bond donors (Lipinski definition) is 1. The van der Waals surface area contributed by atoms with Crippen molar-refractivity contribution in [2.45, 2.75) is 13.8 Å². The van der Waals surface area contributed by atoms with Crippen LogP contribution in [0.5, 0.6) is 0 Å². The summed E-state index contributed by atoms with van der Waals surface area (Å²) in [6.45, 7) is 4.87. The molecule has 0 aliphatic rings. The average molecular weight is 308 g/mol. The summed E-state index contributed by atoms with van der Waals surface area (Å²) >= 11 is 1.28. The van der Waals surface area contributed by atoms with E-state index >= 15 is 0 Å². The third kappa shape index (κ3) is 4.59. The zero-order valence-corrected chi connectivity index (χ0v) is 13.4.